The Morgan fingerprint density at radius 3 is 2.55 bits per heavy atom. The summed E-state index contributed by atoms with van der Waals surface area (Å²) < 4.78 is 32.3. The van der Waals surface area contributed by atoms with E-state index in [2.05, 4.69) is 16.1 Å². The molecule has 0 bridgehead atoms. The summed E-state index contributed by atoms with van der Waals surface area (Å²) >= 11 is 6.11. The monoisotopic (exact) mass is 435 g/mol. The first kappa shape index (κ1) is 22.7. The van der Waals surface area contributed by atoms with Gasteiger partial charge in [0.25, 0.3) is 5.91 Å². The van der Waals surface area contributed by atoms with E-state index >= 15 is 0 Å². The fourth-order valence-electron chi connectivity index (χ4n) is 2.37. The third kappa shape index (κ3) is 7.06. The normalized spacial score (nSPS) is 10.9. The van der Waals surface area contributed by atoms with Crippen LogP contribution in [0.15, 0.2) is 47.4 Å². The molecule has 0 aromatic heterocycles. The number of unbranched alkanes of at least 4 members (excludes halogenated alkanes) is 1. The number of rotatable bonds is 10. The van der Waals surface area contributed by atoms with Gasteiger partial charge in [-0.05, 0) is 42.3 Å². The van der Waals surface area contributed by atoms with Crippen molar-refractivity contribution < 1.29 is 17.9 Å². The Balaban J connectivity index is 1.93. The third-order valence-electron chi connectivity index (χ3n) is 3.92. The van der Waals surface area contributed by atoms with Crippen LogP contribution in [-0.4, -0.2) is 27.5 Å². The zero-order valence-electron chi connectivity index (χ0n) is 15.9. The van der Waals surface area contributed by atoms with Gasteiger partial charge >= 0.3 is 0 Å². The molecule has 0 heterocycles. The maximum absolute atomic E-state index is 12.2. The predicted octanol–water partition coefficient (Wildman–Crippen LogP) is 3.50. The van der Waals surface area contributed by atoms with Crippen molar-refractivity contribution in [2.24, 2.45) is 0 Å². The molecule has 0 spiro atoms. The van der Waals surface area contributed by atoms with E-state index in [1.165, 1.54) is 18.2 Å². The average Bonchev–Trinajstić information content (AvgIpc) is 2.69. The number of sulfonamides is 1. The van der Waals surface area contributed by atoms with Crippen LogP contribution < -0.4 is 14.8 Å². The van der Waals surface area contributed by atoms with Crippen LogP contribution in [0.25, 0.3) is 0 Å². The molecule has 2 aromatic carbocycles. The van der Waals surface area contributed by atoms with Crippen molar-refractivity contribution in [2.45, 2.75) is 31.1 Å². The van der Waals surface area contributed by atoms with Crippen LogP contribution in [-0.2, 0) is 21.2 Å². The molecule has 1 amide bonds. The van der Waals surface area contributed by atoms with Gasteiger partial charge in [0.05, 0.1) is 22.4 Å². The molecule has 0 atom stereocenters. The van der Waals surface area contributed by atoms with Crippen LogP contribution in [0.2, 0.25) is 5.02 Å². The lowest BCUT2D eigenvalue weighted by molar-refractivity contribution is -0.118. The molecule has 0 radical (unpaired) electrons. The maximum Gasteiger partial charge on any atom is 0.262 e. The van der Waals surface area contributed by atoms with Gasteiger partial charge in [0.2, 0.25) is 10.0 Å². The first-order valence-electron chi connectivity index (χ1n) is 9.03. The number of halogens is 1. The molecule has 0 saturated carbocycles. The number of nitrogens with one attached hydrogen (secondary N) is 2. The van der Waals surface area contributed by atoms with Crippen molar-refractivity contribution in [1.82, 2.24) is 4.72 Å². The van der Waals surface area contributed by atoms with Crippen molar-refractivity contribution in [1.29, 1.82) is 5.26 Å². The number of carbonyl (C=O) groups is 1. The zero-order chi connectivity index (χ0) is 21.3. The first-order chi connectivity index (χ1) is 13.9. The SMILES string of the molecule is CCCCNS(=O)(=O)c1ccc(OCC(=O)Nc2ccc(CC#N)cc2)c(Cl)c1. The molecule has 9 heteroatoms. The minimum absolute atomic E-state index is 0.0351. The van der Waals surface area contributed by atoms with Gasteiger partial charge in [-0.15, -0.1) is 0 Å². The lowest BCUT2D eigenvalue weighted by Crippen LogP contribution is -2.24. The molecule has 0 unspecified atom stereocenters. The quantitative estimate of drug-likeness (QED) is 0.555. The lowest BCUT2D eigenvalue weighted by Gasteiger charge is -2.11. The van der Waals surface area contributed by atoms with Gasteiger partial charge in [0.1, 0.15) is 5.75 Å². The second kappa shape index (κ2) is 10.8. The summed E-state index contributed by atoms with van der Waals surface area (Å²) in [4.78, 5) is 12.1. The Bertz CT molecular complexity index is 986. The van der Waals surface area contributed by atoms with E-state index in [4.69, 9.17) is 21.6 Å². The van der Waals surface area contributed by atoms with Gasteiger partial charge in [-0.25, -0.2) is 13.1 Å². The number of hydrogen-bond donors (Lipinski definition) is 2. The maximum atomic E-state index is 12.2. The fraction of sp³-hybridized carbons (Fsp3) is 0.300. The van der Waals surface area contributed by atoms with Gasteiger partial charge in [-0.2, -0.15) is 5.26 Å². The molecule has 2 N–H and O–H groups in total. The Morgan fingerprint density at radius 1 is 1.21 bits per heavy atom. The van der Waals surface area contributed by atoms with Crippen LogP contribution in [0.1, 0.15) is 25.3 Å². The molecule has 2 aromatic rings. The van der Waals surface area contributed by atoms with E-state index in [1.807, 2.05) is 6.92 Å². The van der Waals surface area contributed by atoms with E-state index in [9.17, 15) is 13.2 Å². The van der Waals surface area contributed by atoms with Crippen LogP contribution in [0, 0.1) is 11.3 Å². The minimum Gasteiger partial charge on any atom is -0.482 e. The number of anilines is 1. The number of benzene rings is 2. The number of carbonyl (C=O) groups excluding carboxylic acids is 1. The molecule has 0 fully saturated rings. The van der Waals surface area contributed by atoms with E-state index in [1.54, 1.807) is 24.3 Å². The number of hydrogen-bond acceptors (Lipinski definition) is 5. The Hall–Kier alpha value is -2.60. The second-order valence-electron chi connectivity index (χ2n) is 6.21. The molecule has 0 saturated heterocycles. The van der Waals surface area contributed by atoms with Gasteiger partial charge in [0.15, 0.2) is 6.61 Å². The molecule has 0 aliphatic rings. The largest absolute Gasteiger partial charge is 0.482 e. The molecule has 29 heavy (non-hydrogen) atoms. The molecule has 2 rings (SSSR count). The highest BCUT2D eigenvalue weighted by molar-refractivity contribution is 7.89. The summed E-state index contributed by atoms with van der Waals surface area (Å²) in [6.07, 6.45) is 1.92. The zero-order valence-corrected chi connectivity index (χ0v) is 17.5. The molecule has 0 aliphatic carbocycles. The lowest BCUT2D eigenvalue weighted by atomic mass is 10.1. The Kier molecular flexibility index (Phi) is 8.46. The molecule has 0 aliphatic heterocycles. The Morgan fingerprint density at radius 2 is 1.93 bits per heavy atom. The first-order valence-corrected chi connectivity index (χ1v) is 10.9. The smallest absolute Gasteiger partial charge is 0.262 e. The van der Waals surface area contributed by atoms with E-state index in [0.29, 0.717) is 18.7 Å². The third-order valence-corrected chi connectivity index (χ3v) is 5.67. The predicted molar refractivity (Wildman–Crippen MR) is 111 cm³/mol. The average molecular weight is 436 g/mol. The van der Waals surface area contributed by atoms with Crippen molar-refractivity contribution in [3.8, 4) is 11.8 Å². The van der Waals surface area contributed by atoms with Crippen molar-refractivity contribution in [2.75, 3.05) is 18.5 Å². The summed E-state index contributed by atoms with van der Waals surface area (Å²) in [5, 5.41) is 11.4. The fourth-order valence-corrected chi connectivity index (χ4v) is 3.77. The topological polar surface area (TPSA) is 108 Å². The highest BCUT2D eigenvalue weighted by atomic mass is 35.5. The molecule has 7 nitrogen and oxygen atoms in total. The second-order valence-corrected chi connectivity index (χ2v) is 8.39. The van der Waals surface area contributed by atoms with Crippen LogP contribution >= 0.6 is 11.6 Å². The van der Waals surface area contributed by atoms with E-state index in [0.717, 1.165) is 18.4 Å². The minimum atomic E-state index is -3.64. The van der Waals surface area contributed by atoms with E-state index < -0.39 is 15.9 Å². The molecule has 154 valence electrons. The van der Waals surface area contributed by atoms with Crippen LogP contribution in [0.4, 0.5) is 5.69 Å². The number of nitriles is 1. The molecular weight excluding hydrogens is 414 g/mol. The summed E-state index contributed by atoms with van der Waals surface area (Å²) in [7, 11) is -3.64. The van der Waals surface area contributed by atoms with Gasteiger partial charge in [-0.1, -0.05) is 37.1 Å². The number of amides is 1. The highest BCUT2D eigenvalue weighted by Gasteiger charge is 2.16. The van der Waals surface area contributed by atoms with Crippen molar-refractivity contribution in [3.05, 3.63) is 53.1 Å². The van der Waals surface area contributed by atoms with Crippen molar-refractivity contribution in [3.63, 3.8) is 0 Å². The Labute approximate surface area is 175 Å². The van der Waals surface area contributed by atoms with Crippen LogP contribution in [0.5, 0.6) is 5.75 Å². The summed E-state index contributed by atoms with van der Waals surface area (Å²) in [5.41, 5.74) is 1.43. The highest BCUT2D eigenvalue weighted by Crippen LogP contribution is 2.27. The summed E-state index contributed by atoms with van der Waals surface area (Å²) in [6, 6.07) is 13.0. The number of ether oxygens (including phenoxy) is 1. The van der Waals surface area contributed by atoms with E-state index in [-0.39, 0.29) is 22.3 Å². The number of nitrogens with zero attached hydrogens (tertiary/aromatic N) is 1. The summed E-state index contributed by atoms with van der Waals surface area (Å²) in [5.74, 6) is -0.189. The van der Waals surface area contributed by atoms with Crippen molar-refractivity contribution >= 4 is 33.2 Å². The van der Waals surface area contributed by atoms with Gasteiger partial charge < -0.3 is 10.1 Å². The van der Waals surface area contributed by atoms with Crippen LogP contribution in [0.3, 0.4) is 0 Å². The van der Waals surface area contributed by atoms with Gasteiger partial charge in [0, 0.05) is 12.2 Å². The standard InChI is InChI=1S/C20H22ClN3O4S/c1-2-3-12-23-29(26,27)17-8-9-19(18(21)13-17)28-14-20(25)24-16-6-4-15(5-7-16)10-11-22/h4-9,13,23H,2-3,10,12,14H2,1H3,(H,24,25). The molecular formula is C20H22ClN3O4S. The summed E-state index contributed by atoms with van der Waals surface area (Å²) in [6.45, 7) is 2.03. The van der Waals surface area contributed by atoms with Gasteiger partial charge in [-0.3, -0.25) is 4.79 Å².